The number of ether oxygens (including phenoxy) is 2. The fourth-order valence-corrected chi connectivity index (χ4v) is 1.28. The van der Waals surface area contributed by atoms with E-state index in [1.54, 1.807) is 0 Å². The molecule has 0 atom stereocenters. The summed E-state index contributed by atoms with van der Waals surface area (Å²) < 4.78 is 47.3. The van der Waals surface area contributed by atoms with Crippen LogP contribution in [-0.2, 0) is 15.7 Å². The molecule has 1 rings (SSSR count). The first-order valence-corrected chi connectivity index (χ1v) is 4.89. The zero-order chi connectivity index (χ0) is 13.8. The van der Waals surface area contributed by atoms with E-state index in [-0.39, 0.29) is 11.3 Å². The Morgan fingerprint density at radius 2 is 1.94 bits per heavy atom. The van der Waals surface area contributed by atoms with Crippen molar-refractivity contribution in [2.45, 2.75) is 6.18 Å². The molecule has 0 unspecified atom stereocenters. The van der Waals surface area contributed by atoms with Gasteiger partial charge in [-0.2, -0.15) is 13.2 Å². The highest BCUT2D eigenvalue weighted by molar-refractivity contribution is 5.87. The molecule has 0 fully saturated rings. The molecule has 6 heteroatoms. The Bertz CT molecular complexity index is 464. The fraction of sp³-hybridized carbons (Fsp3) is 0.250. The maximum absolute atomic E-state index is 12.8. The van der Waals surface area contributed by atoms with Crippen LogP contribution in [0, 0.1) is 0 Å². The van der Waals surface area contributed by atoms with Crippen molar-refractivity contribution >= 4 is 12.0 Å². The molecule has 3 nitrogen and oxygen atoms in total. The quantitative estimate of drug-likeness (QED) is 0.619. The highest BCUT2D eigenvalue weighted by Crippen LogP contribution is 2.34. The van der Waals surface area contributed by atoms with E-state index in [0.717, 1.165) is 25.3 Å². The zero-order valence-electron chi connectivity index (χ0n) is 9.75. The lowest BCUT2D eigenvalue weighted by molar-refractivity contribution is -0.138. The van der Waals surface area contributed by atoms with E-state index < -0.39 is 17.7 Å². The Hall–Kier alpha value is -1.98. The second kappa shape index (κ2) is 5.57. The van der Waals surface area contributed by atoms with Gasteiger partial charge in [-0.15, -0.1) is 0 Å². The number of hydrogen-bond donors (Lipinski definition) is 0. The lowest BCUT2D eigenvalue weighted by atomic mass is 10.1. The first kappa shape index (κ1) is 14.1. The maximum atomic E-state index is 12.8. The van der Waals surface area contributed by atoms with Crippen LogP contribution in [0.5, 0.6) is 5.75 Å². The van der Waals surface area contributed by atoms with Crippen LogP contribution < -0.4 is 4.74 Å². The molecular weight excluding hydrogens is 249 g/mol. The van der Waals surface area contributed by atoms with Crippen LogP contribution in [0.3, 0.4) is 0 Å². The van der Waals surface area contributed by atoms with Crippen molar-refractivity contribution in [1.82, 2.24) is 0 Å². The first-order valence-electron chi connectivity index (χ1n) is 4.89. The van der Waals surface area contributed by atoms with E-state index in [1.807, 2.05) is 0 Å². The topological polar surface area (TPSA) is 35.5 Å². The van der Waals surface area contributed by atoms with Crippen molar-refractivity contribution in [3.05, 3.63) is 35.4 Å². The molecule has 0 saturated heterocycles. The van der Waals surface area contributed by atoms with E-state index in [1.165, 1.54) is 19.2 Å². The Labute approximate surface area is 102 Å². The second-order valence-corrected chi connectivity index (χ2v) is 3.31. The molecule has 1 aromatic carbocycles. The third-order valence-corrected chi connectivity index (χ3v) is 2.17. The number of carbonyl (C=O) groups excluding carboxylic acids is 1. The predicted octanol–water partition coefficient (Wildman–Crippen LogP) is 2.90. The SMILES string of the molecule is COC(=O)C=Cc1ccc(OC)cc1C(F)(F)F. The van der Waals surface area contributed by atoms with Crippen LogP contribution in [0.1, 0.15) is 11.1 Å². The van der Waals surface area contributed by atoms with Gasteiger partial charge in [0.1, 0.15) is 5.75 Å². The maximum Gasteiger partial charge on any atom is 0.417 e. The zero-order valence-corrected chi connectivity index (χ0v) is 9.75. The number of hydrogen-bond acceptors (Lipinski definition) is 3. The highest BCUT2D eigenvalue weighted by atomic mass is 19.4. The molecule has 18 heavy (non-hydrogen) atoms. The number of alkyl halides is 3. The summed E-state index contributed by atoms with van der Waals surface area (Å²) in [7, 11) is 2.42. The highest BCUT2D eigenvalue weighted by Gasteiger charge is 2.33. The van der Waals surface area contributed by atoms with Crippen molar-refractivity contribution < 1.29 is 27.4 Å². The summed E-state index contributed by atoms with van der Waals surface area (Å²) in [5, 5.41) is 0. The van der Waals surface area contributed by atoms with Crippen LogP contribution in [0.25, 0.3) is 6.08 Å². The van der Waals surface area contributed by atoms with Gasteiger partial charge >= 0.3 is 12.1 Å². The average molecular weight is 260 g/mol. The molecule has 0 heterocycles. The van der Waals surface area contributed by atoms with Gasteiger partial charge in [-0.3, -0.25) is 0 Å². The predicted molar refractivity (Wildman–Crippen MR) is 59.0 cm³/mol. The molecule has 0 aromatic heterocycles. The fourth-order valence-electron chi connectivity index (χ4n) is 1.28. The van der Waals surface area contributed by atoms with E-state index in [9.17, 15) is 18.0 Å². The minimum absolute atomic E-state index is 0.0949. The van der Waals surface area contributed by atoms with E-state index in [4.69, 9.17) is 4.74 Å². The van der Waals surface area contributed by atoms with Gasteiger partial charge in [-0.1, -0.05) is 6.07 Å². The van der Waals surface area contributed by atoms with Crippen molar-refractivity contribution in [2.24, 2.45) is 0 Å². The molecule has 98 valence electrons. The van der Waals surface area contributed by atoms with Gasteiger partial charge in [0, 0.05) is 6.08 Å². The van der Waals surface area contributed by atoms with Gasteiger partial charge in [0.2, 0.25) is 0 Å². The molecule has 0 radical (unpaired) electrons. The summed E-state index contributed by atoms with van der Waals surface area (Å²) in [6.45, 7) is 0. The van der Waals surface area contributed by atoms with Crippen molar-refractivity contribution in [3.63, 3.8) is 0 Å². The Balaban J connectivity index is 3.19. The minimum atomic E-state index is -4.52. The summed E-state index contributed by atoms with van der Waals surface area (Å²) in [5.41, 5.74) is -1.00. The lowest BCUT2D eigenvalue weighted by Gasteiger charge is -2.11. The number of benzene rings is 1. The standard InChI is InChI=1S/C12H11F3O3/c1-17-9-5-3-8(4-6-11(16)18-2)10(7-9)12(13,14)15/h3-7H,1-2H3. The summed E-state index contributed by atoms with van der Waals surface area (Å²) >= 11 is 0. The Morgan fingerprint density at radius 1 is 1.28 bits per heavy atom. The van der Waals surface area contributed by atoms with Crippen LogP contribution in [0.4, 0.5) is 13.2 Å². The van der Waals surface area contributed by atoms with E-state index in [2.05, 4.69) is 4.74 Å². The monoisotopic (exact) mass is 260 g/mol. The summed E-state index contributed by atoms with van der Waals surface area (Å²) in [6, 6.07) is 3.48. The third kappa shape index (κ3) is 3.51. The summed E-state index contributed by atoms with van der Waals surface area (Å²) in [6.07, 6.45) is -2.55. The average Bonchev–Trinajstić information content (AvgIpc) is 2.34. The minimum Gasteiger partial charge on any atom is -0.497 e. The molecular formula is C12H11F3O3. The normalized spacial score (nSPS) is 11.6. The number of halogens is 3. The van der Waals surface area contributed by atoms with Crippen molar-refractivity contribution in [3.8, 4) is 5.75 Å². The summed E-state index contributed by atoms with van der Waals surface area (Å²) in [4.78, 5) is 10.9. The number of rotatable bonds is 3. The number of esters is 1. The van der Waals surface area contributed by atoms with Gasteiger partial charge in [0.05, 0.1) is 19.8 Å². The molecule has 0 bridgehead atoms. The van der Waals surface area contributed by atoms with Gasteiger partial charge in [-0.05, 0) is 23.8 Å². The van der Waals surface area contributed by atoms with Gasteiger partial charge in [0.15, 0.2) is 0 Å². The van der Waals surface area contributed by atoms with Gasteiger partial charge < -0.3 is 9.47 Å². The second-order valence-electron chi connectivity index (χ2n) is 3.31. The molecule has 1 aromatic rings. The molecule has 0 aliphatic carbocycles. The largest absolute Gasteiger partial charge is 0.497 e. The van der Waals surface area contributed by atoms with Gasteiger partial charge in [-0.25, -0.2) is 4.79 Å². The van der Waals surface area contributed by atoms with Crippen molar-refractivity contribution in [2.75, 3.05) is 14.2 Å². The molecule has 0 saturated carbocycles. The third-order valence-electron chi connectivity index (χ3n) is 2.17. The smallest absolute Gasteiger partial charge is 0.417 e. The van der Waals surface area contributed by atoms with E-state index in [0.29, 0.717) is 0 Å². The molecule has 0 amide bonds. The lowest BCUT2D eigenvalue weighted by Crippen LogP contribution is -2.08. The number of carbonyl (C=O) groups is 1. The van der Waals surface area contributed by atoms with Crippen LogP contribution >= 0.6 is 0 Å². The Kier molecular flexibility index (Phi) is 4.36. The molecule has 0 aliphatic heterocycles. The van der Waals surface area contributed by atoms with E-state index >= 15 is 0 Å². The van der Waals surface area contributed by atoms with Crippen molar-refractivity contribution in [1.29, 1.82) is 0 Å². The Morgan fingerprint density at radius 3 is 2.44 bits per heavy atom. The molecule has 0 N–H and O–H groups in total. The van der Waals surface area contributed by atoms with Crippen LogP contribution in [0.15, 0.2) is 24.3 Å². The van der Waals surface area contributed by atoms with Crippen LogP contribution in [0.2, 0.25) is 0 Å². The van der Waals surface area contributed by atoms with Crippen LogP contribution in [-0.4, -0.2) is 20.2 Å². The van der Waals surface area contributed by atoms with Gasteiger partial charge in [0.25, 0.3) is 0 Å². The number of methoxy groups -OCH3 is 2. The molecule has 0 spiro atoms. The summed E-state index contributed by atoms with van der Waals surface area (Å²) in [5.74, 6) is -0.628. The first-order chi connectivity index (χ1) is 8.38. The molecule has 0 aliphatic rings.